The van der Waals surface area contributed by atoms with Crippen molar-refractivity contribution in [2.45, 2.75) is 0 Å². The number of hydrogen-bond acceptors (Lipinski definition) is 7. The van der Waals surface area contributed by atoms with E-state index in [-0.39, 0.29) is 10.9 Å². The molecule has 4 rings (SSSR count). The van der Waals surface area contributed by atoms with Gasteiger partial charge < -0.3 is 5.11 Å². The SMILES string of the molecule is O=C(N/N=C\c1c(O)ccc2ccccc12)C(=O)Nc1nnc(-c2ccccc2)s1. The quantitative estimate of drug-likeness (QED) is 0.268. The number of phenols is 1. The van der Waals surface area contributed by atoms with Gasteiger partial charge in [0, 0.05) is 11.1 Å². The number of nitrogens with zero attached hydrogens (tertiary/aromatic N) is 3. The number of nitrogens with one attached hydrogen (secondary N) is 2. The average molecular weight is 417 g/mol. The van der Waals surface area contributed by atoms with E-state index in [1.807, 2.05) is 54.6 Å². The predicted molar refractivity (Wildman–Crippen MR) is 115 cm³/mol. The van der Waals surface area contributed by atoms with Crippen LogP contribution in [0.15, 0.2) is 71.8 Å². The Kier molecular flexibility index (Phi) is 5.44. The normalized spacial score (nSPS) is 10.9. The standard InChI is InChI=1S/C21H15N5O3S/c27-17-11-10-13-6-4-5-9-15(13)16(17)12-22-24-19(29)18(28)23-21-26-25-20(30-21)14-7-2-1-3-8-14/h1-12,27H,(H,24,29)(H,23,26,28)/b22-12-. The number of carbonyl (C=O) groups is 2. The smallest absolute Gasteiger partial charge is 0.329 e. The number of rotatable bonds is 4. The Morgan fingerprint density at radius 1 is 0.933 bits per heavy atom. The molecule has 8 nitrogen and oxygen atoms in total. The van der Waals surface area contributed by atoms with Crippen molar-refractivity contribution in [3.05, 3.63) is 72.3 Å². The van der Waals surface area contributed by atoms with E-state index in [1.54, 1.807) is 6.07 Å². The summed E-state index contributed by atoms with van der Waals surface area (Å²) < 4.78 is 0. The molecule has 148 valence electrons. The topological polar surface area (TPSA) is 117 Å². The zero-order valence-electron chi connectivity index (χ0n) is 15.4. The van der Waals surface area contributed by atoms with E-state index in [0.717, 1.165) is 27.7 Å². The van der Waals surface area contributed by atoms with Crippen LogP contribution in [0.1, 0.15) is 5.56 Å². The second-order valence-electron chi connectivity index (χ2n) is 6.15. The van der Waals surface area contributed by atoms with Crippen LogP contribution in [-0.4, -0.2) is 33.3 Å². The van der Waals surface area contributed by atoms with E-state index in [9.17, 15) is 14.7 Å². The van der Waals surface area contributed by atoms with Crippen LogP contribution in [0.5, 0.6) is 5.75 Å². The number of amides is 2. The Hall–Kier alpha value is -4.11. The first kappa shape index (κ1) is 19.2. The van der Waals surface area contributed by atoms with Crippen molar-refractivity contribution >= 4 is 45.3 Å². The van der Waals surface area contributed by atoms with Crippen LogP contribution in [0.4, 0.5) is 5.13 Å². The van der Waals surface area contributed by atoms with Crippen LogP contribution in [0.25, 0.3) is 21.3 Å². The minimum atomic E-state index is -0.970. The third-order valence-corrected chi connectivity index (χ3v) is 5.07. The molecule has 30 heavy (non-hydrogen) atoms. The summed E-state index contributed by atoms with van der Waals surface area (Å²) in [5, 5.41) is 26.6. The minimum Gasteiger partial charge on any atom is -0.507 e. The lowest BCUT2D eigenvalue weighted by atomic mass is 10.0. The molecular formula is C21H15N5O3S. The fraction of sp³-hybridized carbons (Fsp3) is 0. The molecule has 2 amide bonds. The molecule has 0 spiro atoms. The van der Waals surface area contributed by atoms with Crippen molar-refractivity contribution in [2.75, 3.05) is 5.32 Å². The predicted octanol–water partition coefficient (Wildman–Crippen LogP) is 3.15. The van der Waals surface area contributed by atoms with Gasteiger partial charge in [0.05, 0.1) is 6.21 Å². The van der Waals surface area contributed by atoms with Gasteiger partial charge in [0.15, 0.2) is 0 Å². The zero-order valence-corrected chi connectivity index (χ0v) is 16.3. The van der Waals surface area contributed by atoms with Gasteiger partial charge in [-0.15, -0.1) is 10.2 Å². The summed E-state index contributed by atoms with van der Waals surface area (Å²) in [6.45, 7) is 0. The van der Waals surface area contributed by atoms with E-state index in [0.29, 0.717) is 10.6 Å². The molecule has 3 aromatic carbocycles. The van der Waals surface area contributed by atoms with E-state index in [2.05, 4.69) is 26.0 Å². The number of fused-ring (bicyclic) bond motifs is 1. The van der Waals surface area contributed by atoms with Crippen LogP contribution in [0.3, 0.4) is 0 Å². The molecule has 0 bridgehead atoms. The molecule has 4 aromatic rings. The largest absolute Gasteiger partial charge is 0.507 e. The molecule has 0 aliphatic heterocycles. The van der Waals surface area contributed by atoms with Gasteiger partial charge in [0.25, 0.3) is 0 Å². The lowest BCUT2D eigenvalue weighted by molar-refractivity contribution is -0.136. The van der Waals surface area contributed by atoms with Gasteiger partial charge in [-0.2, -0.15) is 5.10 Å². The van der Waals surface area contributed by atoms with Crippen molar-refractivity contribution in [1.82, 2.24) is 15.6 Å². The summed E-state index contributed by atoms with van der Waals surface area (Å²) in [5.41, 5.74) is 3.44. The highest BCUT2D eigenvalue weighted by Crippen LogP contribution is 2.26. The van der Waals surface area contributed by atoms with Crippen LogP contribution < -0.4 is 10.7 Å². The van der Waals surface area contributed by atoms with E-state index in [4.69, 9.17) is 0 Å². The Morgan fingerprint density at radius 2 is 1.70 bits per heavy atom. The lowest BCUT2D eigenvalue weighted by Gasteiger charge is -2.04. The lowest BCUT2D eigenvalue weighted by Crippen LogP contribution is -2.32. The summed E-state index contributed by atoms with van der Waals surface area (Å²) in [5.74, 6) is -1.88. The molecule has 3 N–H and O–H groups in total. The van der Waals surface area contributed by atoms with Gasteiger partial charge in [-0.25, -0.2) is 5.43 Å². The van der Waals surface area contributed by atoms with Crippen molar-refractivity contribution < 1.29 is 14.7 Å². The van der Waals surface area contributed by atoms with Gasteiger partial charge in [-0.3, -0.25) is 14.9 Å². The Labute approximate surface area is 174 Å². The second kappa shape index (κ2) is 8.50. The van der Waals surface area contributed by atoms with Crippen molar-refractivity contribution in [3.63, 3.8) is 0 Å². The van der Waals surface area contributed by atoms with Crippen LogP contribution in [0.2, 0.25) is 0 Å². The van der Waals surface area contributed by atoms with E-state index < -0.39 is 11.8 Å². The second-order valence-corrected chi connectivity index (χ2v) is 7.13. The molecule has 0 saturated carbocycles. The number of hydrogen-bond donors (Lipinski definition) is 3. The molecule has 0 fully saturated rings. The van der Waals surface area contributed by atoms with Gasteiger partial charge in [0.2, 0.25) is 5.13 Å². The van der Waals surface area contributed by atoms with Crippen LogP contribution >= 0.6 is 11.3 Å². The molecule has 0 aliphatic rings. The molecule has 0 saturated heterocycles. The zero-order chi connectivity index (χ0) is 20.9. The first-order chi connectivity index (χ1) is 14.6. The van der Waals surface area contributed by atoms with Gasteiger partial charge in [-0.1, -0.05) is 72.0 Å². The Morgan fingerprint density at radius 3 is 2.53 bits per heavy atom. The molecule has 0 aliphatic carbocycles. The van der Waals surface area contributed by atoms with Gasteiger partial charge in [-0.05, 0) is 16.8 Å². The third-order valence-electron chi connectivity index (χ3n) is 4.18. The third kappa shape index (κ3) is 4.15. The fourth-order valence-corrected chi connectivity index (χ4v) is 3.50. The molecule has 0 atom stereocenters. The summed E-state index contributed by atoms with van der Waals surface area (Å²) in [4.78, 5) is 24.1. The first-order valence-electron chi connectivity index (χ1n) is 8.86. The number of aromatic nitrogens is 2. The molecule has 0 radical (unpaired) electrons. The summed E-state index contributed by atoms with van der Waals surface area (Å²) in [6, 6.07) is 20.1. The van der Waals surface area contributed by atoms with Gasteiger partial charge in [0.1, 0.15) is 10.8 Å². The van der Waals surface area contributed by atoms with E-state index >= 15 is 0 Å². The Balaban J connectivity index is 1.41. The average Bonchev–Trinajstić information content (AvgIpc) is 3.24. The summed E-state index contributed by atoms with van der Waals surface area (Å²) in [7, 11) is 0. The monoisotopic (exact) mass is 417 g/mol. The number of hydrazone groups is 1. The molecule has 0 unspecified atom stereocenters. The number of anilines is 1. The molecule has 1 aromatic heterocycles. The van der Waals surface area contributed by atoms with Crippen molar-refractivity contribution in [2.24, 2.45) is 5.10 Å². The first-order valence-corrected chi connectivity index (χ1v) is 9.67. The number of benzene rings is 3. The maximum atomic E-state index is 12.1. The summed E-state index contributed by atoms with van der Waals surface area (Å²) in [6.07, 6.45) is 1.29. The van der Waals surface area contributed by atoms with Crippen molar-refractivity contribution in [1.29, 1.82) is 0 Å². The molecule has 9 heteroatoms. The fourth-order valence-electron chi connectivity index (χ4n) is 2.75. The maximum absolute atomic E-state index is 12.1. The summed E-state index contributed by atoms with van der Waals surface area (Å²) >= 11 is 1.15. The van der Waals surface area contributed by atoms with Gasteiger partial charge >= 0.3 is 11.8 Å². The van der Waals surface area contributed by atoms with Crippen LogP contribution in [0, 0.1) is 0 Å². The molecular weight excluding hydrogens is 402 g/mol. The Bertz CT molecular complexity index is 1250. The van der Waals surface area contributed by atoms with Crippen molar-refractivity contribution in [3.8, 4) is 16.3 Å². The highest BCUT2D eigenvalue weighted by atomic mass is 32.1. The molecule has 1 heterocycles. The van der Waals surface area contributed by atoms with Crippen LogP contribution in [-0.2, 0) is 9.59 Å². The number of aromatic hydroxyl groups is 1. The minimum absolute atomic E-state index is 0.0125. The number of phenolic OH excluding ortho intramolecular Hbond substituents is 1. The maximum Gasteiger partial charge on any atom is 0.329 e. The number of carbonyl (C=O) groups excluding carboxylic acids is 2. The highest BCUT2D eigenvalue weighted by Gasteiger charge is 2.16. The van der Waals surface area contributed by atoms with E-state index in [1.165, 1.54) is 12.3 Å². The highest BCUT2D eigenvalue weighted by molar-refractivity contribution is 7.18.